The Hall–Kier alpha value is -0.610. The van der Waals surface area contributed by atoms with Crippen LogP contribution in [0, 0.1) is 0 Å². The zero-order valence-electron chi connectivity index (χ0n) is 9.66. The van der Waals surface area contributed by atoms with E-state index in [4.69, 9.17) is 0 Å². The molecule has 0 radical (unpaired) electrons. The lowest BCUT2D eigenvalue weighted by Gasteiger charge is -2.38. The fraction of sp³-hybridized carbons (Fsp3) is 0.900. The highest BCUT2D eigenvalue weighted by atomic mass is 16.2. The number of piperazine rings is 1. The van der Waals surface area contributed by atoms with Crippen LogP contribution < -0.4 is 0 Å². The Balaban J connectivity index is 2.41. The van der Waals surface area contributed by atoms with E-state index in [1.165, 1.54) is 0 Å². The summed E-state index contributed by atoms with van der Waals surface area (Å²) in [7, 11) is 5.74. The summed E-state index contributed by atoms with van der Waals surface area (Å²) < 4.78 is 0. The van der Waals surface area contributed by atoms with Gasteiger partial charge in [0.2, 0.25) is 5.91 Å². The van der Waals surface area contributed by atoms with E-state index in [2.05, 4.69) is 23.8 Å². The molecule has 0 saturated carbocycles. The Kier molecular flexibility index (Phi) is 3.89. The topological polar surface area (TPSA) is 26.8 Å². The minimum absolute atomic E-state index is 0.196. The van der Waals surface area contributed by atoms with Gasteiger partial charge < -0.3 is 9.80 Å². The lowest BCUT2D eigenvalue weighted by atomic mass is 10.2. The second-order valence-electron chi connectivity index (χ2n) is 4.37. The quantitative estimate of drug-likeness (QED) is 0.611. The summed E-state index contributed by atoms with van der Waals surface area (Å²) in [5, 5.41) is 0. The largest absolute Gasteiger partial charge is 0.348 e. The molecule has 0 spiro atoms. The Morgan fingerprint density at radius 2 is 2.07 bits per heavy atom. The summed E-state index contributed by atoms with van der Waals surface area (Å²) in [4.78, 5) is 17.7. The summed E-state index contributed by atoms with van der Waals surface area (Å²) in [6.45, 7) is 5.85. The number of carbonyl (C=O) groups is 1. The van der Waals surface area contributed by atoms with Gasteiger partial charge in [-0.3, -0.25) is 9.69 Å². The highest BCUT2D eigenvalue weighted by Gasteiger charge is 2.23. The lowest BCUT2D eigenvalue weighted by molar-refractivity contribution is -0.131. The Morgan fingerprint density at radius 3 is 2.57 bits per heavy atom. The van der Waals surface area contributed by atoms with E-state index >= 15 is 0 Å². The molecule has 1 heterocycles. The molecule has 0 aromatic heterocycles. The van der Waals surface area contributed by atoms with E-state index in [9.17, 15) is 4.79 Å². The molecule has 1 aliphatic rings. The molecule has 4 heteroatoms. The van der Waals surface area contributed by atoms with Gasteiger partial charge in [-0.05, 0) is 14.0 Å². The summed E-state index contributed by atoms with van der Waals surface area (Å²) >= 11 is 0. The van der Waals surface area contributed by atoms with Gasteiger partial charge in [-0.2, -0.15) is 0 Å². The average molecular weight is 199 g/mol. The van der Waals surface area contributed by atoms with E-state index in [0.29, 0.717) is 12.6 Å². The summed E-state index contributed by atoms with van der Waals surface area (Å²) in [5.74, 6) is 0.196. The maximum Gasteiger partial charge on any atom is 0.236 e. The van der Waals surface area contributed by atoms with Crippen molar-refractivity contribution in [1.82, 2.24) is 14.7 Å². The van der Waals surface area contributed by atoms with Crippen LogP contribution in [0.15, 0.2) is 0 Å². The van der Waals surface area contributed by atoms with Gasteiger partial charge in [-0.1, -0.05) is 0 Å². The van der Waals surface area contributed by atoms with Crippen LogP contribution >= 0.6 is 0 Å². The highest BCUT2D eigenvalue weighted by Crippen LogP contribution is 2.07. The van der Waals surface area contributed by atoms with Crippen LogP contribution in [-0.2, 0) is 4.79 Å². The first kappa shape index (κ1) is 11.5. The van der Waals surface area contributed by atoms with Crippen molar-refractivity contribution in [1.29, 1.82) is 0 Å². The second kappa shape index (κ2) is 4.75. The van der Waals surface area contributed by atoms with E-state index in [0.717, 1.165) is 19.6 Å². The van der Waals surface area contributed by atoms with Gasteiger partial charge in [0.25, 0.3) is 0 Å². The number of hydrogen-bond donors (Lipinski definition) is 0. The number of likely N-dealkylation sites (N-methyl/N-ethyl adjacent to an activating group) is 2. The number of nitrogens with zero attached hydrogens (tertiary/aromatic N) is 3. The summed E-state index contributed by atoms with van der Waals surface area (Å²) in [6.07, 6.45) is 0. The third kappa shape index (κ3) is 2.96. The molecule has 1 saturated heterocycles. The van der Waals surface area contributed by atoms with Gasteiger partial charge in [-0.25, -0.2) is 0 Å². The third-order valence-corrected chi connectivity index (χ3v) is 2.81. The van der Waals surface area contributed by atoms with Gasteiger partial charge in [0.15, 0.2) is 0 Å². The molecule has 1 atom stereocenters. The number of amides is 1. The first-order valence-electron chi connectivity index (χ1n) is 5.13. The molecule has 0 aromatic rings. The summed E-state index contributed by atoms with van der Waals surface area (Å²) in [6, 6.07) is 0.484. The molecule has 4 nitrogen and oxygen atoms in total. The molecule has 0 bridgehead atoms. The SMILES string of the molecule is C[C@@H]1CN(C)CCN1CC(=O)N(C)C. The monoisotopic (exact) mass is 199 g/mol. The summed E-state index contributed by atoms with van der Waals surface area (Å²) in [5.41, 5.74) is 0. The molecule has 1 aliphatic heterocycles. The smallest absolute Gasteiger partial charge is 0.236 e. The molecular formula is C10H21N3O. The predicted octanol–water partition coefficient (Wildman–Crippen LogP) is -0.289. The Morgan fingerprint density at radius 1 is 1.43 bits per heavy atom. The number of hydrogen-bond acceptors (Lipinski definition) is 3. The number of carbonyl (C=O) groups excluding carboxylic acids is 1. The van der Waals surface area contributed by atoms with E-state index < -0.39 is 0 Å². The Bertz CT molecular complexity index is 206. The molecule has 1 rings (SSSR count). The average Bonchev–Trinajstić information content (AvgIpc) is 2.09. The van der Waals surface area contributed by atoms with Crippen molar-refractivity contribution in [2.75, 3.05) is 47.3 Å². The minimum Gasteiger partial charge on any atom is -0.348 e. The van der Waals surface area contributed by atoms with Crippen molar-refractivity contribution in [2.45, 2.75) is 13.0 Å². The molecule has 0 aromatic carbocycles. The molecule has 0 unspecified atom stereocenters. The first-order chi connectivity index (χ1) is 6.50. The Labute approximate surface area is 86.5 Å². The van der Waals surface area contributed by atoms with Crippen molar-refractivity contribution in [3.8, 4) is 0 Å². The predicted molar refractivity (Wildman–Crippen MR) is 57.2 cm³/mol. The van der Waals surface area contributed by atoms with Crippen molar-refractivity contribution >= 4 is 5.91 Å². The molecular weight excluding hydrogens is 178 g/mol. The maximum atomic E-state index is 11.5. The molecule has 0 N–H and O–H groups in total. The molecule has 14 heavy (non-hydrogen) atoms. The molecule has 1 amide bonds. The van der Waals surface area contributed by atoms with Gasteiger partial charge in [0.05, 0.1) is 6.54 Å². The van der Waals surface area contributed by atoms with Gasteiger partial charge in [0, 0.05) is 39.8 Å². The van der Waals surface area contributed by atoms with E-state index in [-0.39, 0.29) is 5.91 Å². The maximum absolute atomic E-state index is 11.5. The molecule has 82 valence electrons. The van der Waals surface area contributed by atoms with Crippen LogP contribution in [0.3, 0.4) is 0 Å². The fourth-order valence-corrected chi connectivity index (χ4v) is 1.73. The standard InChI is InChI=1S/C10H21N3O/c1-9-7-12(4)5-6-13(9)8-10(14)11(2)3/h9H,5-8H2,1-4H3/t9-/m1/s1. The van der Waals surface area contributed by atoms with Gasteiger partial charge >= 0.3 is 0 Å². The second-order valence-corrected chi connectivity index (χ2v) is 4.37. The zero-order valence-corrected chi connectivity index (χ0v) is 9.66. The van der Waals surface area contributed by atoms with Crippen LogP contribution in [0.25, 0.3) is 0 Å². The van der Waals surface area contributed by atoms with Crippen LogP contribution in [0.4, 0.5) is 0 Å². The fourth-order valence-electron chi connectivity index (χ4n) is 1.73. The van der Waals surface area contributed by atoms with Crippen molar-refractivity contribution in [3.05, 3.63) is 0 Å². The van der Waals surface area contributed by atoms with Crippen molar-refractivity contribution < 1.29 is 4.79 Å². The van der Waals surface area contributed by atoms with Crippen molar-refractivity contribution in [2.24, 2.45) is 0 Å². The van der Waals surface area contributed by atoms with E-state index in [1.807, 2.05) is 14.1 Å². The molecule has 0 aliphatic carbocycles. The third-order valence-electron chi connectivity index (χ3n) is 2.81. The first-order valence-corrected chi connectivity index (χ1v) is 5.13. The zero-order chi connectivity index (χ0) is 10.7. The van der Waals surface area contributed by atoms with Crippen LogP contribution in [0.2, 0.25) is 0 Å². The van der Waals surface area contributed by atoms with Crippen molar-refractivity contribution in [3.63, 3.8) is 0 Å². The van der Waals surface area contributed by atoms with Crippen LogP contribution in [0.1, 0.15) is 6.92 Å². The van der Waals surface area contributed by atoms with Gasteiger partial charge in [-0.15, -0.1) is 0 Å². The normalized spacial score (nSPS) is 25.0. The number of rotatable bonds is 2. The minimum atomic E-state index is 0.196. The molecule has 1 fully saturated rings. The highest BCUT2D eigenvalue weighted by molar-refractivity contribution is 5.77. The van der Waals surface area contributed by atoms with Gasteiger partial charge in [0.1, 0.15) is 0 Å². The van der Waals surface area contributed by atoms with Crippen LogP contribution in [-0.4, -0.2) is 74.0 Å². The lowest BCUT2D eigenvalue weighted by Crippen LogP contribution is -2.53. The van der Waals surface area contributed by atoms with Crippen LogP contribution in [0.5, 0.6) is 0 Å². The van der Waals surface area contributed by atoms with E-state index in [1.54, 1.807) is 4.90 Å².